The van der Waals surface area contributed by atoms with E-state index in [0.717, 1.165) is 33.0 Å². The molecule has 0 spiro atoms. The van der Waals surface area contributed by atoms with Crippen molar-refractivity contribution in [2.24, 2.45) is 0 Å². The number of aromatic nitrogens is 1. The van der Waals surface area contributed by atoms with Crippen molar-refractivity contribution in [3.63, 3.8) is 0 Å². The lowest BCUT2D eigenvalue weighted by atomic mass is 10.1. The van der Waals surface area contributed by atoms with Gasteiger partial charge in [-0.15, -0.1) is 0 Å². The van der Waals surface area contributed by atoms with E-state index in [2.05, 4.69) is 21.2 Å². The second kappa shape index (κ2) is 10.5. The number of ether oxygens (including phenoxy) is 1. The Hall–Kier alpha value is -3.01. The number of nitrogens with zero attached hydrogens (tertiary/aromatic N) is 3. The van der Waals surface area contributed by atoms with Gasteiger partial charge in [0.15, 0.2) is 5.11 Å². The molecule has 4 rings (SSSR count). The fourth-order valence-electron chi connectivity index (χ4n) is 3.91. The van der Waals surface area contributed by atoms with Gasteiger partial charge in [-0.2, -0.15) is 0 Å². The van der Waals surface area contributed by atoms with Crippen LogP contribution in [-0.2, 0) is 20.9 Å². The monoisotopic (exact) mass is 540 g/mol. The normalized spacial score (nSPS) is 15.1. The van der Waals surface area contributed by atoms with Crippen molar-refractivity contribution in [3.05, 3.63) is 70.5 Å². The summed E-state index contributed by atoms with van der Waals surface area (Å²) >= 11 is 9.10. The summed E-state index contributed by atoms with van der Waals surface area (Å²) in [5.74, 6) is -0.272. The van der Waals surface area contributed by atoms with E-state index in [4.69, 9.17) is 17.0 Å². The molecule has 1 aliphatic heterocycles. The van der Waals surface area contributed by atoms with Gasteiger partial charge >= 0.3 is 0 Å². The van der Waals surface area contributed by atoms with Gasteiger partial charge in [-0.05, 0) is 55.0 Å². The van der Waals surface area contributed by atoms with Crippen LogP contribution < -0.4 is 10.2 Å². The highest BCUT2D eigenvalue weighted by Gasteiger charge is 2.36. The van der Waals surface area contributed by atoms with Crippen LogP contribution in [0.1, 0.15) is 12.0 Å². The number of thiocarbonyl (C=S) groups is 1. The molecular formula is C25H25BrN4O3S. The highest BCUT2D eigenvalue weighted by Crippen LogP contribution is 2.31. The Morgan fingerprint density at radius 1 is 1.21 bits per heavy atom. The van der Waals surface area contributed by atoms with E-state index in [0.29, 0.717) is 24.0 Å². The number of para-hydroxylation sites is 1. The lowest BCUT2D eigenvalue weighted by Gasteiger charge is -2.16. The minimum Gasteiger partial charge on any atom is -0.385 e. The number of nitrogens with one attached hydrogen (secondary N) is 1. The molecule has 2 heterocycles. The van der Waals surface area contributed by atoms with Crippen LogP contribution in [0.3, 0.4) is 0 Å². The Morgan fingerprint density at radius 2 is 1.97 bits per heavy atom. The van der Waals surface area contributed by atoms with Crippen LogP contribution in [-0.4, -0.2) is 53.7 Å². The van der Waals surface area contributed by atoms with Gasteiger partial charge in [-0.25, -0.2) is 0 Å². The van der Waals surface area contributed by atoms with E-state index in [-0.39, 0.29) is 18.4 Å². The molecule has 0 unspecified atom stereocenters. The highest BCUT2D eigenvalue weighted by atomic mass is 79.9. The second-order valence-corrected chi connectivity index (χ2v) is 9.20. The van der Waals surface area contributed by atoms with Crippen molar-refractivity contribution >= 4 is 67.7 Å². The predicted octanol–water partition coefficient (Wildman–Crippen LogP) is 4.16. The molecule has 1 N–H and O–H groups in total. The summed E-state index contributed by atoms with van der Waals surface area (Å²) in [5, 5.41) is 4.27. The topological polar surface area (TPSA) is 66.8 Å². The molecule has 0 bridgehead atoms. The van der Waals surface area contributed by atoms with Crippen LogP contribution in [0, 0.1) is 0 Å². The molecule has 0 atom stereocenters. The zero-order valence-corrected chi connectivity index (χ0v) is 21.4. The molecule has 1 fully saturated rings. The number of hydrogen-bond donors (Lipinski definition) is 1. The highest BCUT2D eigenvalue weighted by molar-refractivity contribution is 9.10. The molecule has 9 heteroatoms. The molecular weight excluding hydrogens is 516 g/mol. The molecule has 176 valence electrons. The molecule has 1 aliphatic rings. The van der Waals surface area contributed by atoms with Crippen LogP contribution in [0.5, 0.6) is 0 Å². The molecule has 0 aliphatic carbocycles. The number of fused-ring (bicyclic) bond motifs is 1. The third-order valence-corrected chi connectivity index (χ3v) is 6.55. The lowest BCUT2D eigenvalue weighted by molar-refractivity contribution is -0.121. The number of carbonyl (C=O) groups excluding carboxylic acids is 2. The number of anilines is 1. The summed E-state index contributed by atoms with van der Waals surface area (Å²) in [6, 6.07) is 15.2. The number of halogens is 1. The summed E-state index contributed by atoms with van der Waals surface area (Å²) in [6.07, 6.45) is 4.48. The van der Waals surface area contributed by atoms with Crippen molar-refractivity contribution in [1.29, 1.82) is 0 Å². The smallest absolute Gasteiger partial charge is 0.281 e. The number of methoxy groups -OCH3 is 1. The van der Waals surface area contributed by atoms with Gasteiger partial charge in [0.1, 0.15) is 12.2 Å². The summed E-state index contributed by atoms with van der Waals surface area (Å²) in [7, 11) is 3.43. The van der Waals surface area contributed by atoms with Gasteiger partial charge in [0, 0.05) is 54.4 Å². The van der Waals surface area contributed by atoms with E-state index in [1.165, 1.54) is 4.90 Å². The summed E-state index contributed by atoms with van der Waals surface area (Å²) in [5.41, 5.74) is 2.93. The molecule has 0 saturated carbocycles. The van der Waals surface area contributed by atoms with Gasteiger partial charge in [-0.3, -0.25) is 14.5 Å². The second-order valence-electron chi connectivity index (χ2n) is 7.92. The lowest BCUT2D eigenvalue weighted by Crippen LogP contribution is -2.30. The molecule has 3 aromatic rings. The van der Waals surface area contributed by atoms with Crippen LogP contribution in [0.2, 0.25) is 0 Å². The third-order valence-electron chi connectivity index (χ3n) is 5.60. The van der Waals surface area contributed by atoms with Crippen molar-refractivity contribution in [1.82, 2.24) is 14.8 Å². The summed E-state index contributed by atoms with van der Waals surface area (Å²) < 4.78 is 7.83. The first kappa shape index (κ1) is 24.1. The number of hydrogen-bond acceptors (Lipinski definition) is 4. The van der Waals surface area contributed by atoms with E-state index in [1.807, 2.05) is 65.4 Å². The fourth-order valence-corrected chi connectivity index (χ4v) is 4.55. The van der Waals surface area contributed by atoms with Gasteiger partial charge in [0.05, 0.1) is 5.69 Å². The Bertz CT molecular complexity index is 1270. The molecule has 7 nitrogen and oxygen atoms in total. The SMILES string of the molecule is COCCCNC(=O)Cn1cc(/C=C2\C(=O)N(c3ccccc3)C(=S)N2C)c2cc(Br)ccc21. The van der Waals surface area contributed by atoms with Crippen molar-refractivity contribution in [2.45, 2.75) is 13.0 Å². The number of rotatable bonds is 8. The van der Waals surface area contributed by atoms with Crippen LogP contribution >= 0.6 is 28.1 Å². The fraction of sp³-hybridized carbons (Fsp3) is 0.240. The van der Waals surface area contributed by atoms with Crippen LogP contribution in [0.4, 0.5) is 5.69 Å². The minimum atomic E-state index is -0.189. The average Bonchev–Trinajstić information content (AvgIpc) is 3.26. The van der Waals surface area contributed by atoms with Crippen molar-refractivity contribution in [2.75, 3.05) is 32.2 Å². The first-order valence-corrected chi connectivity index (χ1v) is 12.0. The van der Waals surface area contributed by atoms with Crippen molar-refractivity contribution < 1.29 is 14.3 Å². The maximum absolute atomic E-state index is 13.3. The Kier molecular flexibility index (Phi) is 7.45. The standard InChI is InChI=1S/C25H25BrN4O3S/c1-28-22(24(32)30(25(28)34)19-7-4-3-5-8-19)13-17-15-29(16-23(31)27-11-6-12-33-2)21-10-9-18(26)14-20(17)21/h3-5,7-10,13-15H,6,11-12,16H2,1-2H3,(H,27,31)/b22-13+. The predicted molar refractivity (Wildman–Crippen MR) is 141 cm³/mol. The maximum atomic E-state index is 13.3. The van der Waals surface area contributed by atoms with E-state index < -0.39 is 0 Å². The Balaban J connectivity index is 1.66. The van der Waals surface area contributed by atoms with Crippen molar-refractivity contribution in [3.8, 4) is 0 Å². The molecule has 34 heavy (non-hydrogen) atoms. The minimum absolute atomic E-state index is 0.0828. The first-order valence-electron chi connectivity index (χ1n) is 10.8. The Morgan fingerprint density at radius 3 is 2.71 bits per heavy atom. The third kappa shape index (κ3) is 4.91. The van der Waals surface area contributed by atoms with Gasteiger partial charge in [-0.1, -0.05) is 34.1 Å². The van der Waals surface area contributed by atoms with Gasteiger partial charge in [0.25, 0.3) is 5.91 Å². The summed E-state index contributed by atoms with van der Waals surface area (Å²) in [4.78, 5) is 29.1. The van der Waals surface area contributed by atoms with Gasteiger partial charge in [0.2, 0.25) is 5.91 Å². The molecule has 2 aromatic carbocycles. The molecule has 1 saturated heterocycles. The molecule has 2 amide bonds. The quantitative estimate of drug-likeness (QED) is 0.264. The number of amides is 2. The van der Waals surface area contributed by atoms with E-state index in [1.54, 1.807) is 19.1 Å². The average molecular weight is 541 g/mol. The first-order chi connectivity index (χ1) is 16.4. The van der Waals surface area contributed by atoms with E-state index >= 15 is 0 Å². The Labute approximate surface area is 212 Å². The zero-order valence-electron chi connectivity index (χ0n) is 19.0. The number of likely N-dealkylation sites (N-methyl/N-ethyl adjacent to an activating group) is 1. The van der Waals surface area contributed by atoms with Crippen LogP contribution in [0.25, 0.3) is 17.0 Å². The zero-order chi connectivity index (χ0) is 24.2. The van der Waals surface area contributed by atoms with E-state index in [9.17, 15) is 9.59 Å². The number of carbonyl (C=O) groups is 2. The van der Waals surface area contributed by atoms with Crippen LogP contribution in [0.15, 0.2) is 64.9 Å². The number of benzene rings is 2. The maximum Gasteiger partial charge on any atom is 0.281 e. The van der Waals surface area contributed by atoms with Gasteiger partial charge < -0.3 is 19.5 Å². The molecule has 0 radical (unpaired) electrons. The largest absolute Gasteiger partial charge is 0.385 e. The summed E-state index contributed by atoms with van der Waals surface area (Å²) in [6.45, 7) is 1.33. The molecule has 1 aromatic heterocycles.